The Bertz CT molecular complexity index is 3300. The number of methoxy groups -OCH3 is 2. The number of urea groups is 1. The molecule has 16 nitrogen and oxygen atoms in total. The number of nitrogens with zero attached hydrogens (tertiary/aromatic N) is 4. The number of hydrogen-bond acceptors (Lipinski definition) is 13. The van der Waals surface area contributed by atoms with Gasteiger partial charge in [-0.2, -0.15) is 0 Å². The maximum absolute atomic E-state index is 16.9. The molecule has 2 N–H and O–H groups in total. The molecule has 1 spiro atoms. The molecule has 7 unspecified atom stereocenters. The molecule has 5 aliphatic heterocycles. The van der Waals surface area contributed by atoms with Crippen LogP contribution in [0.4, 0.5) is 10.5 Å². The predicted octanol–water partition coefficient (Wildman–Crippen LogP) is 7.45. The van der Waals surface area contributed by atoms with Crippen LogP contribution in [0, 0.1) is 23.7 Å². The summed E-state index contributed by atoms with van der Waals surface area (Å²) in [5.41, 5.74) is 2.32. The summed E-state index contributed by atoms with van der Waals surface area (Å²) >= 11 is 0. The lowest BCUT2D eigenvalue weighted by molar-refractivity contribution is -0.179. The van der Waals surface area contributed by atoms with Crippen molar-refractivity contribution in [2.75, 3.05) is 52.1 Å². The highest BCUT2D eigenvalue weighted by Crippen LogP contribution is 2.66. The van der Waals surface area contributed by atoms with E-state index in [4.69, 9.17) is 23.7 Å². The minimum Gasteiger partial charge on any atom is -0.508 e. The van der Waals surface area contributed by atoms with Crippen LogP contribution in [-0.4, -0.2) is 109 Å². The highest BCUT2D eigenvalue weighted by molar-refractivity contribution is 6.25. The first-order valence-corrected chi connectivity index (χ1v) is 25.7. The maximum atomic E-state index is 16.9. The number of benzene rings is 6. The topological polar surface area (TPSA) is 177 Å². The van der Waals surface area contributed by atoms with Gasteiger partial charge in [0.2, 0.25) is 18.6 Å². The second-order valence-corrected chi connectivity index (χ2v) is 20.2. The number of imide groups is 1. The number of phenolic OH excluding ortho intramolecular Hbond substituents is 1. The molecular weight excluding hydrogens is 979 g/mol. The number of aromatic hydroxyl groups is 1. The number of rotatable bonds is 10. The van der Waals surface area contributed by atoms with Crippen molar-refractivity contribution in [3.05, 3.63) is 185 Å². The van der Waals surface area contributed by atoms with Gasteiger partial charge in [-0.25, -0.2) is 14.5 Å². The summed E-state index contributed by atoms with van der Waals surface area (Å²) in [5, 5.41) is 13.7. The zero-order valence-electron chi connectivity index (χ0n) is 43.0. The second-order valence-electron chi connectivity index (χ2n) is 20.2. The number of anilines is 1. The van der Waals surface area contributed by atoms with E-state index in [2.05, 4.69) is 22.1 Å². The average Bonchev–Trinajstić information content (AvgIpc) is 4.18. The maximum Gasteiger partial charge on any atom is 0.329 e. The Morgan fingerprint density at radius 3 is 2.08 bits per heavy atom. The Kier molecular flexibility index (Phi) is 13.7. The standard InChI is InChI=1S/C61H57N5O11/c1-37(2)51(57(69)74-4)62-60(72)65-47-27-19-39(16-15-38-17-25-45(73-3)26-18-38)33-46(47)61(59(65)71)50(56(68)64-31-29-63(30-32-64)35-40-20-28-48-49(34-40)76-36-75-48)53-58(70)77-54(42-13-9-6-10-14-42)52(41-11-7-5-8-12-41)66(53)55(61)43-21-23-44(67)24-22-43/h5-14,17-28,33-34,37,50-55,67H,29-32,35-36H2,1-4H3,(H,62,72). The van der Waals surface area contributed by atoms with Gasteiger partial charge in [0.25, 0.3) is 0 Å². The lowest BCUT2D eigenvalue weighted by Gasteiger charge is -2.46. The van der Waals surface area contributed by atoms with E-state index >= 15 is 19.2 Å². The third-order valence-corrected chi connectivity index (χ3v) is 15.5. The number of morpholine rings is 1. The molecule has 392 valence electrons. The van der Waals surface area contributed by atoms with Gasteiger partial charge in [-0.3, -0.25) is 24.2 Å². The van der Waals surface area contributed by atoms with Crippen LogP contribution in [0.2, 0.25) is 0 Å². The molecule has 0 bridgehead atoms. The van der Waals surface area contributed by atoms with Gasteiger partial charge < -0.3 is 39.0 Å². The fourth-order valence-electron chi connectivity index (χ4n) is 11.9. The number of fused-ring (bicyclic) bond motifs is 4. The Balaban J connectivity index is 1.12. The first kappa shape index (κ1) is 50.5. The molecule has 0 saturated carbocycles. The van der Waals surface area contributed by atoms with Gasteiger partial charge in [0.1, 0.15) is 35.1 Å². The quantitative estimate of drug-likeness (QED) is 0.102. The molecule has 0 aromatic heterocycles. The average molecular weight is 1040 g/mol. The van der Waals surface area contributed by atoms with Crippen LogP contribution in [0.5, 0.6) is 23.0 Å². The normalized spacial score (nSPS) is 22.9. The van der Waals surface area contributed by atoms with E-state index in [9.17, 15) is 9.90 Å². The van der Waals surface area contributed by atoms with Crippen LogP contribution in [0.15, 0.2) is 146 Å². The Labute approximate surface area is 446 Å². The zero-order valence-corrected chi connectivity index (χ0v) is 43.0. The van der Waals surface area contributed by atoms with Crippen LogP contribution in [0.25, 0.3) is 0 Å². The van der Waals surface area contributed by atoms with Crippen molar-refractivity contribution in [2.24, 2.45) is 11.8 Å². The smallest absolute Gasteiger partial charge is 0.329 e. The number of piperazine rings is 1. The molecule has 16 heteroatoms. The third kappa shape index (κ3) is 9.04. The molecule has 11 rings (SSSR count). The Morgan fingerprint density at radius 2 is 1.40 bits per heavy atom. The van der Waals surface area contributed by atoms with Gasteiger partial charge in [-0.05, 0) is 100 Å². The fourth-order valence-corrected chi connectivity index (χ4v) is 11.9. The van der Waals surface area contributed by atoms with Gasteiger partial charge in [-0.15, -0.1) is 0 Å². The van der Waals surface area contributed by atoms with Crippen molar-refractivity contribution < 1.29 is 52.8 Å². The molecule has 7 atom stereocenters. The summed E-state index contributed by atoms with van der Waals surface area (Å²) in [6, 6.07) is 37.8. The summed E-state index contributed by atoms with van der Waals surface area (Å²) in [6.45, 7) is 5.60. The minimum atomic E-state index is -2.09. The van der Waals surface area contributed by atoms with Crippen molar-refractivity contribution in [3.8, 4) is 34.8 Å². The van der Waals surface area contributed by atoms with Crippen molar-refractivity contribution in [1.29, 1.82) is 0 Å². The van der Waals surface area contributed by atoms with E-state index in [-0.39, 0.29) is 36.9 Å². The number of carbonyl (C=O) groups is 5. The predicted molar refractivity (Wildman–Crippen MR) is 283 cm³/mol. The molecule has 4 amide bonds. The SMILES string of the molecule is COC(=O)C(NC(=O)N1C(=O)C2(c3cc(C#Cc4ccc(OC)cc4)ccc31)C(C(=O)N1CCN(Cc3ccc4c(c3)OCO4)CC1)C1C(=O)OC(c3ccccc3)C(c3ccccc3)N1C2c1ccc(O)cc1)C(C)C. The van der Waals surface area contributed by atoms with E-state index in [1.165, 1.54) is 19.2 Å². The van der Waals surface area contributed by atoms with E-state index in [0.717, 1.165) is 16.0 Å². The molecule has 5 heterocycles. The molecule has 3 fully saturated rings. The Hall–Kier alpha value is -8.65. The van der Waals surface area contributed by atoms with Crippen LogP contribution >= 0.6 is 0 Å². The summed E-state index contributed by atoms with van der Waals surface area (Å²) in [4.78, 5) is 84.5. The van der Waals surface area contributed by atoms with Gasteiger partial charge in [0, 0.05) is 43.9 Å². The van der Waals surface area contributed by atoms with Crippen molar-refractivity contribution >= 4 is 35.5 Å². The number of amides is 4. The third-order valence-electron chi connectivity index (χ3n) is 15.5. The van der Waals surface area contributed by atoms with Crippen LogP contribution in [-0.2, 0) is 40.6 Å². The molecule has 5 aliphatic rings. The fraction of sp³-hybridized carbons (Fsp3) is 0.295. The lowest BCUT2D eigenvalue weighted by atomic mass is 9.64. The molecule has 6 aromatic rings. The van der Waals surface area contributed by atoms with Crippen molar-refractivity contribution in [2.45, 2.75) is 56.1 Å². The van der Waals surface area contributed by atoms with E-state index < -0.39 is 77.3 Å². The van der Waals surface area contributed by atoms with E-state index in [0.29, 0.717) is 59.1 Å². The summed E-state index contributed by atoms with van der Waals surface area (Å²) < 4.78 is 28.4. The largest absolute Gasteiger partial charge is 0.508 e. The zero-order chi connectivity index (χ0) is 53.5. The minimum absolute atomic E-state index is 0.0544. The summed E-state index contributed by atoms with van der Waals surface area (Å²) in [6.07, 6.45) is -0.948. The number of phenols is 1. The van der Waals surface area contributed by atoms with Crippen LogP contribution in [0.3, 0.4) is 0 Å². The first-order valence-electron chi connectivity index (χ1n) is 25.7. The number of cyclic esters (lactones) is 1. The highest BCUT2D eigenvalue weighted by Gasteiger charge is 2.76. The lowest BCUT2D eigenvalue weighted by Crippen LogP contribution is -2.59. The van der Waals surface area contributed by atoms with E-state index in [1.54, 1.807) is 68.3 Å². The highest BCUT2D eigenvalue weighted by atomic mass is 16.7. The summed E-state index contributed by atoms with van der Waals surface area (Å²) in [7, 11) is 2.80. The number of ether oxygens (including phenoxy) is 5. The first-order chi connectivity index (χ1) is 37.4. The number of carbonyl (C=O) groups excluding carboxylic acids is 5. The van der Waals surface area contributed by atoms with E-state index in [1.807, 2.05) is 95.9 Å². The summed E-state index contributed by atoms with van der Waals surface area (Å²) in [5.74, 6) is 3.70. The molecule has 6 aromatic carbocycles. The number of hydrogen-bond donors (Lipinski definition) is 2. The van der Waals surface area contributed by atoms with Gasteiger partial charge >= 0.3 is 18.0 Å². The van der Waals surface area contributed by atoms with Crippen molar-refractivity contribution in [1.82, 2.24) is 20.0 Å². The van der Waals surface area contributed by atoms with Gasteiger partial charge in [-0.1, -0.05) is 105 Å². The number of nitrogens with one attached hydrogen (secondary N) is 1. The molecule has 0 aliphatic carbocycles. The molecule has 3 saturated heterocycles. The second kappa shape index (κ2) is 20.8. The molecule has 0 radical (unpaired) electrons. The van der Waals surface area contributed by atoms with Crippen LogP contribution < -0.4 is 24.4 Å². The molecular formula is C61H57N5O11. The number of esters is 2. The van der Waals surface area contributed by atoms with Gasteiger partial charge in [0.05, 0.1) is 37.9 Å². The van der Waals surface area contributed by atoms with Crippen molar-refractivity contribution in [3.63, 3.8) is 0 Å². The monoisotopic (exact) mass is 1040 g/mol. The Morgan fingerprint density at radius 1 is 0.740 bits per heavy atom. The van der Waals surface area contributed by atoms with Crippen LogP contribution in [0.1, 0.15) is 71.0 Å². The molecule has 77 heavy (non-hydrogen) atoms. The van der Waals surface area contributed by atoms with Gasteiger partial charge in [0.15, 0.2) is 11.5 Å².